The first-order valence-electron chi connectivity index (χ1n) is 9.84. The summed E-state index contributed by atoms with van der Waals surface area (Å²) in [5.74, 6) is -4.84. The van der Waals surface area contributed by atoms with Crippen LogP contribution in [0.2, 0.25) is 5.02 Å². The van der Waals surface area contributed by atoms with E-state index in [1.807, 2.05) is 7.05 Å². The summed E-state index contributed by atoms with van der Waals surface area (Å²) in [6, 6.07) is 0.402. The molecule has 0 aliphatic carbocycles. The van der Waals surface area contributed by atoms with Gasteiger partial charge in [0.25, 0.3) is 5.88 Å². The van der Waals surface area contributed by atoms with Gasteiger partial charge in [0.05, 0.1) is 10.6 Å². The van der Waals surface area contributed by atoms with Crippen molar-refractivity contribution >= 4 is 40.3 Å². The van der Waals surface area contributed by atoms with Gasteiger partial charge in [-0.1, -0.05) is 11.6 Å². The van der Waals surface area contributed by atoms with Crippen molar-refractivity contribution < 1.29 is 32.2 Å². The molecule has 3 amide bonds. The van der Waals surface area contributed by atoms with E-state index in [4.69, 9.17) is 26.8 Å². The average Bonchev–Trinajstić information content (AvgIpc) is 3.32. The highest BCUT2D eigenvalue weighted by atomic mass is 35.5. The summed E-state index contributed by atoms with van der Waals surface area (Å²) < 4.78 is 55.5. The van der Waals surface area contributed by atoms with Crippen molar-refractivity contribution in [3.8, 4) is 11.6 Å². The number of carbonyl (C=O) groups excluding carboxylic acids is 2. The van der Waals surface area contributed by atoms with Crippen molar-refractivity contribution in [1.82, 2.24) is 14.6 Å². The van der Waals surface area contributed by atoms with E-state index in [2.05, 4.69) is 19.9 Å². The number of urea groups is 1. The van der Waals surface area contributed by atoms with Crippen molar-refractivity contribution in [2.24, 2.45) is 5.73 Å². The van der Waals surface area contributed by atoms with Crippen molar-refractivity contribution in [3.05, 3.63) is 34.1 Å². The van der Waals surface area contributed by atoms with Gasteiger partial charge in [0.1, 0.15) is 12.4 Å². The maximum atomic E-state index is 14.0. The van der Waals surface area contributed by atoms with Gasteiger partial charge in [-0.2, -0.15) is 0 Å². The molecule has 1 unspecified atom stereocenters. The zero-order valence-corrected chi connectivity index (χ0v) is 19.0. The Labute approximate surface area is 196 Å². The van der Waals surface area contributed by atoms with Crippen LogP contribution in [0, 0.1) is 17.5 Å². The first-order chi connectivity index (χ1) is 15.7. The van der Waals surface area contributed by atoms with Gasteiger partial charge in [0.15, 0.2) is 16.6 Å². The number of ether oxygens (including phenoxy) is 2. The third-order valence-electron chi connectivity index (χ3n) is 5.05. The van der Waals surface area contributed by atoms with Gasteiger partial charge in [-0.3, -0.25) is 5.32 Å². The number of nitrogens with zero attached hydrogens (tertiary/aromatic N) is 2. The molecule has 180 valence electrons. The Bertz CT molecular complexity index is 1040. The normalized spacial score (nSPS) is 16.0. The number of hydrogen-bond acceptors (Lipinski definition) is 7. The van der Waals surface area contributed by atoms with Gasteiger partial charge >= 0.3 is 12.1 Å². The molecule has 1 aliphatic heterocycles. The summed E-state index contributed by atoms with van der Waals surface area (Å²) in [6.45, 7) is 0.631. The zero-order chi connectivity index (χ0) is 24.1. The number of halogens is 4. The van der Waals surface area contributed by atoms with E-state index in [0.29, 0.717) is 30.2 Å². The second-order valence-electron chi connectivity index (χ2n) is 7.25. The Kier molecular flexibility index (Phi) is 8.21. The van der Waals surface area contributed by atoms with E-state index < -0.39 is 46.8 Å². The van der Waals surface area contributed by atoms with E-state index in [-0.39, 0.29) is 16.6 Å². The van der Waals surface area contributed by atoms with E-state index >= 15 is 0 Å². The number of nitrogens with one attached hydrogen (secondary N) is 2. The number of aromatic nitrogens is 1. The number of anilines is 1. The maximum Gasteiger partial charge on any atom is 0.410 e. The molecule has 0 saturated carbocycles. The number of amides is 3. The molecule has 2 heterocycles. The molecular weight excluding hydrogens is 487 g/mol. The zero-order valence-electron chi connectivity index (χ0n) is 17.4. The van der Waals surface area contributed by atoms with Crippen LogP contribution in [0.3, 0.4) is 0 Å². The average molecular weight is 508 g/mol. The molecule has 1 fully saturated rings. The van der Waals surface area contributed by atoms with E-state index in [9.17, 15) is 22.8 Å². The molecule has 0 spiro atoms. The first kappa shape index (κ1) is 24.9. The van der Waals surface area contributed by atoms with Crippen LogP contribution >= 0.6 is 23.1 Å². The first-order valence-corrected chi connectivity index (χ1v) is 11.0. The second kappa shape index (κ2) is 10.9. The number of likely N-dealkylation sites (tertiary alicyclic amines) is 1. The lowest BCUT2D eigenvalue weighted by molar-refractivity contribution is 0.205. The molecule has 1 atom stereocenters. The predicted molar refractivity (Wildman–Crippen MR) is 115 cm³/mol. The summed E-state index contributed by atoms with van der Waals surface area (Å²) in [6.07, 6.45) is 1.70. The number of hydrogen-bond donors (Lipinski definition) is 3. The Hall–Kier alpha value is -2.77. The molecule has 1 aromatic heterocycles. The van der Waals surface area contributed by atoms with Crippen molar-refractivity contribution in [1.29, 1.82) is 0 Å². The largest absolute Gasteiger partial charge is 0.469 e. The number of rotatable bonds is 8. The topological polar surface area (TPSA) is 119 Å². The SMILES string of the molecule is CN1CCCC1CCNC(=O)Nc1snc(OCc2c(F)cc(Cl)c(F)c2F)c1OC(N)=O. The highest BCUT2D eigenvalue weighted by Gasteiger charge is 2.24. The monoisotopic (exact) mass is 507 g/mol. The fraction of sp³-hybridized carbons (Fsp3) is 0.421. The van der Waals surface area contributed by atoms with Crippen molar-refractivity contribution in [2.45, 2.75) is 31.9 Å². The van der Waals surface area contributed by atoms with Gasteiger partial charge in [0, 0.05) is 12.6 Å². The third-order valence-corrected chi connectivity index (χ3v) is 6.05. The van der Waals surface area contributed by atoms with E-state index in [1.54, 1.807) is 0 Å². The predicted octanol–water partition coefficient (Wildman–Crippen LogP) is 3.86. The number of nitrogens with two attached hydrogens (primary N) is 1. The molecule has 1 saturated heterocycles. The quantitative estimate of drug-likeness (QED) is 0.369. The Balaban J connectivity index is 1.65. The van der Waals surface area contributed by atoms with Crippen LogP contribution in [0.25, 0.3) is 0 Å². The number of benzene rings is 1. The second-order valence-corrected chi connectivity index (χ2v) is 8.43. The van der Waals surface area contributed by atoms with E-state index in [1.165, 1.54) is 0 Å². The molecule has 3 rings (SSSR count). The van der Waals surface area contributed by atoms with Gasteiger partial charge < -0.3 is 25.4 Å². The van der Waals surface area contributed by atoms with Crippen molar-refractivity contribution in [3.63, 3.8) is 0 Å². The molecule has 33 heavy (non-hydrogen) atoms. The maximum absolute atomic E-state index is 14.0. The Morgan fingerprint density at radius 2 is 2.12 bits per heavy atom. The molecule has 0 radical (unpaired) electrons. The number of carbonyl (C=O) groups is 2. The molecule has 4 N–H and O–H groups in total. The van der Waals surface area contributed by atoms with Gasteiger partial charge in [-0.15, -0.1) is 4.37 Å². The van der Waals surface area contributed by atoms with Gasteiger partial charge in [-0.05, 0) is 50.5 Å². The molecule has 2 aromatic rings. The highest BCUT2D eigenvalue weighted by molar-refractivity contribution is 7.11. The summed E-state index contributed by atoms with van der Waals surface area (Å²) in [7, 11) is 2.03. The summed E-state index contributed by atoms with van der Waals surface area (Å²) in [4.78, 5) is 25.7. The molecule has 1 aliphatic rings. The molecule has 0 bridgehead atoms. The van der Waals surface area contributed by atoms with Crippen LogP contribution in [-0.4, -0.2) is 47.6 Å². The van der Waals surface area contributed by atoms with Crippen LogP contribution < -0.4 is 25.8 Å². The smallest absolute Gasteiger partial charge is 0.410 e. The third kappa shape index (κ3) is 6.18. The van der Waals surface area contributed by atoms with Crippen LogP contribution in [-0.2, 0) is 6.61 Å². The van der Waals surface area contributed by atoms with Crippen LogP contribution in [0.4, 0.5) is 27.8 Å². The highest BCUT2D eigenvalue weighted by Crippen LogP contribution is 2.39. The van der Waals surface area contributed by atoms with Gasteiger partial charge in [0.2, 0.25) is 5.75 Å². The fourth-order valence-electron chi connectivity index (χ4n) is 3.35. The molecule has 1 aromatic carbocycles. The molecule has 9 nitrogen and oxygen atoms in total. The summed E-state index contributed by atoms with van der Waals surface area (Å²) in [5.41, 5.74) is 4.30. The number of primary amides is 1. The van der Waals surface area contributed by atoms with Crippen LogP contribution in [0.5, 0.6) is 11.6 Å². The van der Waals surface area contributed by atoms with Crippen molar-refractivity contribution in [2.75, 3.05) is 25.5 Å². The summed E-state index contributed by atoms with van der Waals surface area (Å²) in [5, 5.41) is 4.40. The van der Waals surface area contributed by atoms with E-state index in [0.717, 1.165) is 25.8 Å². The summed E-state index contributed by atoms with van der Waals surface area (Å²) >= 11 is 6.08. The minimum atomic E-state index is -1.53. The fourth-order valence-corrected chi connectivity index (χ4v) is 4.19. The lowest BCUT2D eigenvalue weighted by Gasteiger charge is -2.19. The molecule has 14 heteroatoms. The van der Waals surface area contributed by atoms with Gasteiger partial charge in [-0.25, -0.2) is 22.8 Å². The minimum Gasteiger partial charge on any atom is -0.469 e. The minimum absolute atomic E-state index is 0.0254. The Morgan fingerprint density at radius 1 is 1.36 bits per heavy atom. The molecular formula is C19H21ClF3N5O4S. The Morgan fingerprint density at radius 3 is 2.79 bits per heavy atom. The standard InChI is InChI=1S/C19H21ClF3N5O4S/c1-28-6-2-3-9(28)4-5-25-19(30)26-17-15(32-18(24)29)16(27-33-17)31-8-10-12(21)7-11(20)14(23)13(10)22/h7,9H,2-6,8H2,1H3,(H2,24,29)(H2,25,26,30). The van der Waals surface area contributed by atoms with Crippen LogP contribution in [0.1, 0.15) is 24.8 Å². The lowest BCUT2D eigenvalue weighted by Crippen LogP contribution is -2.34. The lowest BCUT2D eigenvalue weighted by atomic mass is 10.1. The van der Waals surface area contributed by atoms with Crippen LogP contribution in [0.15, 0.2) is 6.07 Å².